The minimum absolute atomic E-state index is 0.109. The molecule has 98 valence electrons. The molecular weight excluding hydrogens is 228 g/mol. The first kappa shape index (κ1) is 12.8. The third kappa shape index (κ3) is 2.44. The van der Waals surface area contributed by atoms with Crippen molar-refractivity contribution in [3.05, 3.63) is 18.1 Å². The van der Waals surface area contributed by atoms with Gasteiger partial charge in [-0.05, 0) is 32.8 Å². The lowest BCUT2D eigenvalue weighted by Gasteiger charge is -2.39. The van der Waals surface area contributed by atoms with E-state index in [-0.39, 0.29) is 11.3 Å². The summed E-state index contributed by atoms with van der Waals surface area (Å²) in [4.78, 5) is 22.7. The minimum Gasteiger partial charge on any atom is -0.359 e. The molecule has 1 aliphatic heterocycles. The number of nitrogens with one attached hydrogen (secondary N) is 1. The highest BCUT2D eigenvalue weighted by molar-refractivity contribution is 5.82. The number of hydrogen-bond acceptors (Lipinski definition) is 4. The molecule has 1 amide bonds. The normalized spacial score (nSPS) is 23.8. The molecule has 5 nitrogen and oxygen atoms in total. The zero-order valence-corrected chi connectivity index (χ0v) is 11.2. The summed E-state index contributed by atoms with van der Waals surface area (Å²) in [7, 11) is 1.70. The van der Waals surface area contributed by atoms with Gasteiger partial charge in [0.25, 0.3) is 0 Å². The zero-order chi connectivity index (χ0) is 13.2. The van der Waals surface area contributed by atoms with Gasteiger partial charge in [0.2, 0.25) is 5.91 Å². The molecule has 1 atom stereocenters. The number of amides is 1. The van der Waals surface area contributed by atoms with E-state index in [0.29, 0.717) is 6.54 Å². The third-order valence-electron chi connectivity index (χ3n) is 3.56. The van der Waals surface area contributed by atoms with Crippen LogP contribution in [0.2, 0.25) is 0 Å². The number of anilines is 1. The zero-order valence-electron chi connectivity index (χ0n) is 11.2. The molecule has 5 heteroatoms. The average molecular weight is 248 g/mol. The molecule has 1 saturated heterocycles. The molecule has 0 bridgehead atoms. The molecule has 0 aromatic carbocycles. The summed E-state index contributed by atoms with van der Waals surface area (Å²) in [6.07, 6.45) is 3.70. The molecule has 2 rings (SSSR count). The van der Waals surface area contributed by atoms with E-state index in [4.69, 9.17) is 0 Å². The van der Waals surface area contributed by atoms with Gasteiger partial charge in [0.15, 0.2) is 0 Å². The maximum Gasteiger partial charge on any atom is 0.227 e. The fourth-order valence-corrected chi connectivity index (χ4v) is 2.54. The van der Waals surface area contributed by atoms with E-state index in [0.717, 1.165) is 31.0 Å². The Labute approximate surface area is 108 Å². The summed E-state index contributed by atoms with van der Waals surface area (Å²) >= 11 is 0. The van der Waals surface area contributed by atoms with Gasteiger partial charge in [-0.15, -0.1) is 0 Å². The first-order chi connectivity index (χ1) is 8.55. The van der Waals surface area contributed by atoms with Crippen molar-refractivity contribution >= 4 is 11.7 Å². The number of carbonyl (C=O) groups is 1. The monoisotopic (exact) mass is 248 g/mol. The molecule has 0 aliphatic carbocycles. The Hall–Kier alpha value is -1.65. The molecule has 1 aliphatic rings. The summed E-state index contributed by atoms with van der Waals surface area (Å²) in [6, 6.07) is 1.91. The number of nitrogens with zero attached hydrogens (tertiary/aromatic N) is 3. The van der Waals surface area contributed by atoms with Gasteiger partial charge in [0.05, 0.1) is 5.41 Å². The maximum atomic E-state index is 12.0. The van der Waals surface area contributed by atoms with Crippen molar-refractivity contribution in [1.29, 1.82) is 0 Å². The van der Waals surface area contributed by atoms with E-state index in [9.17, 15) is 4.79 Å². The van der Waals surface area contributed by atoms with Crippen LogP contribution in [0, 0.1) is 12.3 Å². The fourth-order valence-electron chi connectivity index (χ4n) is 2.54. The van der Waals surface area contributed by atoms with E-state index in [1.807, 2.05) is 19.9 Å². The van der Waals surface area contributed by atoms with Crippen LogP contribution in [-0.2, 0) is 4.79 Å². The first-order valence-corrected chi connectivity index (χ1v) is 6.32. The van der Waals surface area contributed by atoms with Crippen LogP contribution in [0.5, 0.6) is 0 Å². The van der Waals surface area contributed by atoms with E-state index in [1.165, 1.54) is 0 Å². The molecule has 1 aromatic heterocycles. The minimum atomic E-state index is -0.328. The van der Waals surface area contributed by atoms with Gasteiger partial charge < -0.3 is 10.2 Å². The molecule has 1 aromatic rings. The first-order valence-electron chi connectivity index (χ1n) is 6.32. The lowest BCUT2D eigenvalue weighted by atomic mass is 9.81. The lowest BCUT2D eigenvalue weighted by molar-refractivity contribution is -0.130. The largest absolute Gasteiger partial charge is 0.359 e. The van der Waals surface area contributed by atoms with E-state index < -0.39 is 0 Å². The molecule has 0 radical (unpaired) electrons. The second kappa shape index (κ2) is 4.92. The highest BCUT2D eigenvalue weighted by Gasteiger charge is 2.37. The Morgan fingerprint density at radius 2 is 2.33 bits per heavy atom. The lowest BCUT2D eigenvalue weighted by Crippen LogP contribution is -2.50. The highest BCUT2D eigenvalue weighted by Crippen LogP contribution is 2.31. The Kier molecular flexibility index (Phi) is 3.50. The Morgan fingerprint density at radius 1 is 1.56 bits per heavy atom. The van der Waals surface area contributed by atoms with Crippen LogP contribution in [0.3, 0.4) is 0 Å². The number of aromatic nitrogens is 2. The topological polar surface area (TPSA) is 58.1 Å². The van der Waals surface area contributed by atoms with Crippen molar-refractivity contribution in [3.8, 4) is 0 Å². The van der Waals surface area contributed by atoms with Crippen molar-refractivity contribution < 1.29 is 4.79 Å². The van der Waals surface area contributed by atoms with Gasteiger partial charge >= 0.3 is 0 Å². The van der Waals surface area contributed by atoms with Gasteiger partial charge in [-0.2, -0.15) is 0 Å². The smallest absolute Gasteiger partial charge is 0.227 e. The molecule has 1 fully saturated rings. The van der Waals surface area contributed by atoms with Crippen LogP contribution >= 0.6 is 0 Å². The molecule has 18 heavy (non-hydrogen) atoms. The van der Waals surface area contributed by atoms with Gasteiger partial charge in [-0.3, -0.25) is 4.79 Å². The highest BCUT2D eigenvalue weighted by atomic mass is 16.2. The standard InChI is InChI=1S/C13H20N4O/c1-10-15-7-5-11(16-10)17-8-4-6-13(2,9-17)12(18)14-3/h5,7H,4,6,8-9H2,1-3H3,(H,14,18)/t13-/m0/s1. The maximum absolute atomic E-state index is 12.0. The average Bonchev–Trinajstić information content (AvgIpc) is 2.38. The summed E-state index contributed by atoms with van der Waals surface area (Å²) in [5, 5.41) is 2.76. The van der Waals surface area contributed by atoms with Crippen LogP contribution < -0.4 is 10.2 Å². The number of rotatable bonds is 2. The SMILES string of the molecule is CNC(=O)[C@@]1(C)CCCN(c2ccnc(C)n2)C1. The van der Waals surface area contributed by atoms with Crippen LogP contribution in [0.4, 0.5) is 5.82 Å². The number of aryl methyl sites for hydroxylation is 1. The number of hydrogen-bond donors (Lipinski definition) is 1. The molecular formula is C13H20N4O. The summed E-state index contributed by atoms with van der Waals surface area (Å²) in [6.45, 7) is 5.56. The number of carbonyl (C=O) groups excluding carboxylic acids is 1. The van der Waals surface area contributed by atoms with Crippen molar-refractivity contribution in [3.63, 3.8) is 0 Å². The van der Waals surface area contributed by atoms with Crippen molar-refractivity contribution in [2.75, 3.05) is 25.0 Å². The Bertz CT molecular complexity index is 448. The Balaban J connectivity index is 2.19. The van der Waals surface area contributed by atoms with Crippen molar-refractivity contribution in [2.24, 2.45) is 5.41 Å². The van der Waals surface area contributed by atoms with Gasteiger partial charge in [-0.1, -0.05) is 0 Å². The van der Waals surface area contributed by atoms with Crippen LogP contribution in [0.25, 0.3) is 0 Å². The van der Waals surface area contributed by atoms with Crippen LogP contribution in [0.1, 0.15) is 25.6 Å². The van der Waals surface area contributed by atoms with E-state index >= 15 is 0 Å². The summed E-state index contributed by atoms with van der Waals surface area (Å²) in [5.74, 6) is 1.79. The van der Waals surface area contributed by atoms with Gasteiger partial charge in [-0.25, -0.2) is 9.97 Å². The molecule has 0 saturated carbocycles. The van der Waals surface area contributed by atoms with Crippen molar-refractivity contribution in [1.82, 2.24) is 15.3 Å². The molecule has 0 spiro atoms. The second-order valence-electron chi connectivity index (χ2n) is 5.13. The quantitative estimate of drug-likeness (QED) is 0.852. The second-order valence-corrected chi connectivity index (χ2v) is 5.13. The Morgan fingerprint density at radius 3 is 3.00 bits per heavy atom. The van der Waals surface area contributed by atoms with E-state index in [1.54, 1.807) is 13.2 Å². The summed E-state index contributed by atoms with van der Waals surface area (Å²) < 4.78 is 0. The van der Waals surface area contributed by atoms with Gasteiger partial charge in [0, 0.05) is 26.3 Å². The number of piperidine rings is 1. The molecule has 0 unspecified atom stereocenters. The van der Waals surface area contributed by atoms with Crippen molar-refractivity contribution in [2.45, 2.75) is 26.7 Å². The predicted molar refractivity (Wildman–Crippen MR) is 70.4 cm³/mol. The van der Waals surface area contributed by atoms with Gasteiger partial charge in [0.1, 0.15) is 11.6 Å². The van der Waals surface area contributed by atoms with Crippen LogP contribution in [0.15, 0.2) is 12.3 Å². The van der Waals surface area contributed by atoms with Crippen LogP contribution in [-0.4, -0.2) is 36.0 Å². The fraction of sp³-hybridized carbons (Fsp3) is 0.615. The predicted octanol–water partition coefficient (Wildman–Crippen LogP) is 1.14. The van der Waals surface area contributed by atoms with E-state index in [2.05, 4.69) is 20.2 Å². The summed E-state index contributed by atoms with van der Waals surface area (Å²) in [5.41, 5.74) is -0.328. The molecule has 2 heterocycles. The molecule has 1 N–H and O–H groups in total. The third-order valence-corrected chi connectivity index (χ3v) is 3.56.